The van der Waals surface area contributed by atoms with Crippen LogP contribution in [0.5, 0.6) is 0 Å². The van der Waals surface area contributed by atoms with E-state index in [4.69, 9.17) is 5.73 Å². The number of fused-ring (bicyclic) bond motifs is 3. The van der Waals surface area contributed by atoms with Gasteiger partial charge in [-0.3, -0.25) is 10.1 Å². The van der Waals surface area contributed by atoms with Crippen LogP contribution in [0.2, 0.25) is 0 Å². The van der Waals surface area contributed by atoms with Gasteiger partial charge in [0.25, 0.3) is 0 Å². The van der Waals surface area contributed by atoms with E-state index >= 15 is 0 Å². The SMILES string of the molecule is NC1C2[C@H]3CCC4C(C3CC[C@@H]42)C1[N+](=O)[O-]. The van der Waals surface area contributed by atoms with Crippen LogP contribution in [0.15, 0.2) is 0 Å². The summed E-state index contributed by atoms with van der Waals surface area (Å²) < 4.78 is 0. The number of hydrogen-bond acceptors (Lipinski definition) is 3. The lowest BCUT2D eigenvalue weighted by molar-refractivity contribution is -0.558. The minimum absolute atomic E-state index is 0.0641. The van der Waals surface area contributed by atoms with Gasteiger partial charge >= 0.3 is 0 Å². The number of nitrogens with zero attached hydrogens (tertiary/aromatic N) is 1. The highest BCUT2D eigenvalue weighted by atomic mass is 16.6. The molecule has 2 N–H and O–H groups in total. The molecule has 0 radical (unpaired) electrons. The topological polar surface area (TPSA) is 69.2 Å². The number of hydrogen-bond donors (Lipinski definition) is 1. The van der Waals surface area contributed by atoms with Gasteiger partial charge in [0, 0.05) is 10.8 Å². The first-order valence-corrected chi connectivity index (χ1v) is 6.59. The Kier molecular flexibility index (Phi) is 1.63. The van der Waals surface area contributed by atoms with Crippen LogP contribution >= 0.6 is 0 Å². The standard InChI is InChI=1S/C12H18N2O2/c13-11-9-5-1-3-7-6(9)2-4-8(5)10(7)12(11)14(15)16/h5-12H,1-4,13H2/t5-,6-,7?,8?,9?,10?,11?,12?/m0/s1. The van der Waals surface area contributed by atoms with Crippen LogP contribution in [0.1, 0.15) is 25.7 Å². The minimum Gasteiger partial charge on any atom is -0.322 e. The van der Waals surface area contributed by atoms with Crippen LogP contribution in [-0.2, 0) is 0 Å². The third-order valence-electron chi connectivity index (χ3n) is 6.22. The predicted molar refractivity (Wildman–Crippen MR) is 58.2 cm³/mol. The lowest BCUT2D eigenvalue weighted by Gasteiger charge is -2.67. The van der Waals surface area contributed by atoms with E-state index in [0.717, 1.165) is 11.8 Å². The molecule has 0 aliphatic heterocycles. The van der Waals surface area contributed by atoms with E-state index in [1.807, 2.05) is 0 Å². The maximum absolute atomic E-state index is 11.2. The maximum atomic E-state index is 11.2. The van der Waals surface area contributed by atoms with Gasteiger partial charge in [-0.2, -0.15) is 0 Å². The fourth-order valence-electron chi connectivity index (χ4n) is 6.02. The summed E-state index contributed by atoms with van der Waals surface area (Å²) >= 11 is 0. The molecule has 0 amide bonds. The first kappa shape index (κ1) is 9.40. The van der Waals surface area contributed by atoms with E-state index in [1.165, 1.54) is 25.7 Å². The summed E-state index contributed by atoms with van der Waals surface area (Å²) in [7, 11) is 0. The van der Waals surface area contributed by atoms with Crippen molar-refractivity contribution in [1.29, 1.82) is 0 Å². The molecule has 7 saturated carbocycles. The summed E-state index contributed by atoms with van der Waals surface area (Å²) in [5.41, 5.74) is 6.20. The summed E-state index contributed by atoms with van der Waals surface area (Å²) in [6.07, 6.45) is 5.07. The molecule has 4 unspecified atom stereocenters. The Hall–Kier alpha value is -0.640. The molecule has 7 fully saturated rings. The molecule has 0 aromatic rings. The fourth-order valence-corrected chi connectivity index (χ4v) is 6.02. The minimum atomic E-state index is -0.423. The molecule has 4 nitrogen and oxygen atoms in total. The molecule has 6 bridgehead atoms. The highest BCUT2D eigenvalue weighted by Gasteiger charge is 2.69. The van der Waals surface area contributed by atoms with Crippen molar-refractivity contribution in [3.8, 4) is 0 Å². The van der Waals surface area contributed by atoms with Crippen LogP contribution < -0.4 is 5.73 Å². The Labute approximate surface area is 94.7 Å². The van der Waals surface area contributed by atoms with Crippen molar-refractivity contribution in [3.63, 3.8) is 0 Å². The smallest absolute Gasteiger partial charge is 0.231 e. The van der Waals surface area contributed by atoms with Gasteiger partial charge in [-0.05, 0) is 55.3 Å². The third kappa shape index (κ3) is 0.838. The van der Waals surface area contributed by atoms with Crippen molar-refractivity contribution in [1.82, 2.24) is 0 Å². The highest BCUT2D eigenvalue weighted by Crippen LogP contribution is 2.67. The lowest BCUT2D eigenvalue weighted by Crippen LogP contribution is -2.72. The molecule has 16 heavy (non-hydrogen) atoms. The van der Waals surface area contributed by atoms with Gasteiger partial charge < -0.3 is 5.73 Å². The zero-order chi connectivity index (χ0) is 11.0. The van der Waals surface area contributed by atoms with Gasteiger partial charge in [-0.15, -0.1) is 0 Å². The van der Waals surface area contributed by atoms with Crippen molar-refractivity contribution < 1.29 is 4.92 Å². The monoisotopic (exact) mass is 222 g/mol. The van der Waals surface area contributed by atoms with Crippen LogP contribution in [0.4, 0.5) is 0 Å². The van der Waals surface area contributed by atoms with Gasteiger partial charge in [0.15, 0.2) is 0 Å². The zero-order valence-corrected chi connectivity index (χ0v) is 9.29. The number of nitro groups is 1. The number of rotatable bonds is 1. The molecule has 6 atom stereocenters. The average molecular weight is 222 g/mol. The van der Waals surface area contributed by atoms with E-state index in [2.05, 4.69) is 0 Å². The Morgan fingerprint density at radius 2 is 1.38 bits per heavy atom. The zero-order valence-electron chi connectivity index (χ0n) is 9.29. The number of nitrogens with two attached hydrogens (primary N) is 1. The van der Waals surface area contributed by atoms with Crippen molar-refractivity contribution in [2.75, 3.05) is 0 Å². The Balaban J connectivity index is 1.82. The summed E-state index contributed by atoms with van der Waals surface area (Å²) in [6, 6.07) is -0.573. The molecule has 7 aliphatic rings. The van der Waals surface area contributed by atoms with E-state index in [9.17, 15) is 10.1 Å². The van der Waals surface area contributed by atoms with E-state index in [0.29, 0.717) is 23.7 Å². The van der Waals surface area contributed by atoms with E-state index < -0.39 is 6.04 Å². The Bertz CT molecular complexity index is 339. The summed E-state index contributed by atoms with van der Waals surface area (Å²) in [6.45, 7) is 0. The second-order valence-electron chi connectivity index (χ2n) is 6.32. The summed E-state index contributed by atoms with van der Waals surface area (Å²) in [4.78, 5) is 11.2. The highest BCUT2D eigenvalue weighted by molar-refractivity contribution is 5.15. The fraction of sp³-hybridized carbons (Fsp3) is 1.00. The largest absolute Gasteiger partial charge is 0.322 e. The van der Waals surface area contributed by atoms with Crippen LogP contribution in [-0.4, -0.2) is 17.0 Å². The molecule has 7 rings (SSSR count). The first-order valence-electron chi connectivity index (χ1n) is 6.59. The van der Waals surface area contributed by atoms with Gasteiger partial charge in [0.2, 0.25) is 6.04 Å². The molecule has 0 aromatic carbocycles. The molecule has 0 saturated heterocycles. The second-order valence-corrected chi connectivity index (χ2v) is 6.32. The van der Waals surface area contributed by atoms with Crippen molar-refractivity contribution in [2.24, 2.45) is 41.2 Å². The molecular weight excluding hydrogens is 204 g/mol. The first-order chi connectivity index (χ1) is 7.70. The van der Waals surface area contributed by atoms with Gasteiger partial charge in [-0.25, -0.2) is 0 Å². The maximum Gasteiger partial charge on any atom is 0.231 e. The Morgan fingerprint density at radius 3 is 1.81 bits per heavy atom. The van der Waals surface area contributed by atoms with Crippen molar-refractivity contribution >= 4 is 0 Å². The normalized spacial score (nSPS) is 61.6. The van der Waals surface area contributed by atoms with Crippen LogP contribution in [0.3, 0.4) is 0 Å². The van der Waals surface area contributed by atoms with Gasteiger partial charge in [0.05, 0.1) is 6.04 Å². The molecular formula is C12H18N2O2. The van der Waals surface area contributed by atoms with Crippen molar-refractivity contribution in [3.05, 3.63) is 10.1 Å². The molecule has 0 aromatic heterocycles. The average Bonchev–Trinajstić information content (AvgIpc) is 2.25. The predicted octanol–water partition coefficient (Wildman–Crippen LogP) is 1.27. The van der Waals surface area contributed by atoms with Gasteiger partial charge in [-0.1, -0.05) is 0 Å². The van der Waals surface area contributed by atoms with E-state index in [1.54, 1.807) is 0 Å². The van der Waals surface area contributed by atoms with Crippen LogP contribution in [0, 0.1) is 45.6 Å². The van der Waals surface area contributed by atoms with Crippen molar-refractivity contribution in [2.45, 2.75) is 37.8 Å². The molecule has 0 spiro atoms. The Morgan fingerprint density at radius 1 is 0.938 bits per heavy atom. The van der Waals surface area contributed by atoms with Gasteiger partial charge in [0.1, 0.15) is 0 Å². The molecule has 7 aliphatic carbocycles. The summed E-state index contributed by atoms with van der Waals surface area (Å²) in [5.74, 6) is 3.57. The third-order valence-corrected chi connectivity index (χ3v) is 6.22. The molecule has 4 heteroatoms. The van der Waals surface area contributed by atoms with Crippen LogP contribution in [0.25, 0.3) is 0 Å². The second kappa shape index (κ2) is 2.78. The quantitative estimate of drug-likeness (QED) is 0.536. The molecule has 0 heterocycles. The molecule has 88 valence electrons. The van der Waals surface area contributed by atoms with E-state index in [-0.39, 0.29) is 11.0 Å². The lowest BCUT2D eigenvalue weighted by atomic mass is 9.37. The summed E-state index contributed by atoms with van der Waals surface area (Å²) in [5, 5.41) is 11.2.